The van der Waals surface area contributed by atoms with E-state index in [0.29, 0.717) is 31.6 Å². The summed E-state index contributed by atoms with van der Waals surface area (Å²) in [6.07, 6.45) is 52.8. The minimum absolute atomic E-state index is 0.106. The molecule has 0 radical (unpaired) electrons. The fraction of sp³-hybridized carbons (Fsp3) is 0.949. The first-order valence-corrected chi connectivity index (χ1v) is 43.2. The molecule has 0 aliphatic rings. The van der Waals surface area contributed by atoms with E-state index in [1.807, 2.05) is 0 Å². The average Bonchev–Trinajstić information content (AvgIpc) is 1.14. The van der Waals surface area contributed by atoms with E-state index in [1.165, 1.54) is 193 Å². The van der Waals surface area contributed by atoms with Gasteiger partial charge < -0.3 is 33.8 Å². The summed E-state index contributed by atoms with van der Waals surface area (Å²) in [5.74, 6) is 0.931. The lowest BCUT2D eigenvalue weighted by atomic mass is 10.0. The Labute approximate surface area is 594 Å². The lowest BCUT2D eigenvalue weighted by Crippen LogP contribution is -2.30. The summed E-state index contributed by atoms with van der Waals surface area (Å²) in [7, 11) is -9.92. The summed E-state index contributed by atoms with van der Waals surface area (Å²) < 4.78 is 68.6. The molecule has 0 aromatic carbocycles. The molecule has 0 aromatic rings. The first-order chi connectivity index (χ1) is 46.6. The number of aliphatic hydroxyl groups is 1. The molecule has 0 saturated carbocycles. The SMILES string of the molecule is CC(C)CCCCCCCCCCCCCCCCCC(=O)OC[C@H](COP(=O)(O)OCC(O)COP(=O)(O)OC[C@@H](COC(=O)CCCCCCCCCC(C)C)OC(=O)CCCCCCCCCCCCCCCC(C)C)OC(=O)CCCCCCCCCCCCC(C)C. The Morgan fingerprint density at radius 2 is 0.433 bits per heavy atom. The maximum atomic E-state index is 13.1. The van der Waals surface area contributed by atoms with Gasteiger partial charge in [-0.1, -0.05) is 344 Å². The van der Waals surface area contributed by atoms with Gasteiger partial charge in [0, 0.05) is 25.7 Å². The minimum atomic E-state index is -4.96. The van der Waals surface area contributed by atoms with Gasteiger partial charge in [0.1, 0.15) is 19.3 Å². The van der Waals surface area contributed by atoms with Crippen LogP contribution in [0.5, 0.6) is 0 Å². The zero-order chi connectivity index (χ0) is 71.7. The van der Waals surface area contributed by atoms with Crippen molar-refractivity contribution in [2.75, 3.05) is 39.6 Å². The van der Waals surface area contributed by atoms with Gasteiger partial charge >= 0.3 is 39.5 Å². The van der Waals surface area contributed by atoms with Crippen LogP contribution in [0.4, 0.5) is 0 Å². The monoisotopic (exact) mass is 1420 g/mol. The second-order valence-corrected chi connectivity index (χ2v) is 32.9. The van der Waals surface area contributed by atoms with E-state index in [-0.39, 0.29) is 25.7 Å². The quantitative estimate of drug-likeness (QED) is 0.0222. The molecule has 97 heavy (non-hydrogen) atoms. The van der Waals surface area contributed by atoms with Crippen molar-refractivity contribution in [3.05, 3.63) is 0 Å². The van der Waals surface area contributed by atoms with E-state index in [0.717, 1.165) is 114 Å². The van der Waals surface area contributed by atoms with Gasteiger partial charge in [0.05, 0.1) is 26.4 Å². The highest BCUT2D eigenvalue weighted by molar-refractivity contribution is 7.47. The van der Waals surface area contributed by atoms with E-state index in [9.17, 15) is 43.2 Å². The van der Waals surface area contributed by atoms with Gasteiger partial charge in [-0.3, -0.25) is 37.3 Å². The molecule has 0 aliphatic heterocycles. The van der Waals surface area contributed by atoms with Crippen LogP contribution >= 0.6 is 15.6 Å². The molecule has 0 rings (SSSR count). The Bertz CT molecular complexity index is 1900. The number of aliphatic hydroxyl groups excluding tert-OH is 1. The van der Waals surface area contributed by atoms with Gasteiger partial charge in [0.15, 0.2) is 12.2 Å². The Morgan fingerprint density at radius 3 is 0.639 bits per heavy atom. The van der Waals surface area contributed by atoms with E-state index in [4.69, 9.17) is 37.0 Å². The summed E-state index contributed by atoms with van der Waals surface area (Å²) in [5.41, 5.74) is 0. The number of hydrogen-bond donors (Lipinski definition) is 3. The van der Waals surface area contributed by atoms with Gasteiger partial charge in [0.25, 0.3) is 0 Å². The summed E-state index contributed by atoms with van der Waals surface area (Å²) in [5, 5.41) is 10.6. The number of unbranched alkanes of at least 4 members (excludes halogenated alkanes) is 41. The molecule has 576 valence electrons. The van der Waals surface area contributed by atoms with Crippen LogP contribution in [-0.4, -0.2) is 96.7 Å². The summed E-state index contributed by atoms with van der Waals surface area (Å²) in [6, 6.07) is 0. The summed E-state index contributed by atoms with van der Waals surface area (Å²) in [6.45, 7) is 14.2. The second kappa shape index (κ2) is 67.2. The van der Waals surface area contributed by atoms with Crippen LogP contribution < -0.4 is 0 Å². The Hall–Kier alpha value is -1.94. The van der Waals surface area contributed by atoms with Crippen molar-refractivity contribution >= 4 is 39.5 Å². The van der Waals surface area contributed by atoms with Crippen molar-refractivity contribution in [3.8, 4) is 0 Å². The molecule has 17 nitrogen and oxygen atoms in total. The molecular weight excluding hydrogens is 1270 g/mol. The fourth-order valence-corrected chi connectivity index (χ4v) is 13.5. The Kier molecular flexibility index (Phi) is 65.9. The van der Waals surface area contributed by atoms with Crippen LogP contribution in [0.1, 0.15) is 396 Å². The van der Waals surface area contributed by atoms with Gasteiger partial charge in [0.2, 0.25) is 0 Å². The number of phosphoric ester groups is 2. The average molecular weight is 1420 g/mol. The lowest BCUT2D eigenvalue weighted by molar-refractivity contribution is -0.161. The fourth-order valence-electron chi connectivity index (χ4n) is 11.9. The smallest absolute Gasteiger partial charge is 0.462 e. The first kappa shape index (κ1) is 95.1. The van der Waals surface area contributed by atoms with Gasteiger partial charge in [-0.25, -0.2) is 9.13 Å². The molecular formula is C78H152O17P2. The molecule has 0 amide bonds. The summed E-state index contributed by atoms with van der Waals surface area (Å²) in [4.78, 5) is 72.9. The zero-order valence-electron chi connectivity index (χ0n) is 63.7. The topological polar surface area (TPSA) is 237 Å². The van der Waals surface area contributed by atoms with Crippen LogP contribution in [0, 0.1) is 23.7 Å². The third kappa shape index (κ3) is 72.2. The van der Waals surface area contributed by atoms with Gasteiger partial charge in [-0.05, 0) is 49.4 Å². The molecule has 3 unspecified atom stereocenters. The Morgan fingerprint density at radius 1 is 0.258 bits per heavy atom. The Balaban J connectivity index is 5.23. The van der Waals surface area contributed by atoms with E-state index in [2.05, 4.69) is 55.4 Å². The van der Waals surface area contributed by atoms with Crippen molar-refractivity contribution in [1.82, 2.24) is 0 Å². The number of esters is 4. The highest BCUT2D eigenvalue weighted by atomic mass is 31.2. The highest BCUT2D eigenvalue weighted by Crippen LogP contribution is 2.45. The van der Waals surface area contributed by atoms with Gasteiger partial charge in [-0.2, -0.15) is 0 Å². The number of carbonyl (C=O) groups is 4. The van der Waals surface area contributed by atoms with Gasteiger partial charge in [-0.15, -0.1) is 0 Å². The largest absolute Gasteiger partial charge is 0.472 e. The third-order valence-electron chi connectivity index (χ3n) is 18.1. The van der Waals surface area contributed by atoms with Crippen LogP contribution in [-0.2, 0) is 65.4 Å². The zero-order valence-corrected chi connectivity index (χ0v) is 65.5. The predicted molar refractivity (Wildman–Crippen MR) is 395 cm³/mol. The number of phosphoric acid groups is 2. The van der Waals surface area contributed by atoms with Crippen LogP contribution in [0.3, 0.4) is 0 Å². The maximum Gasteiger partial charge on any atom is 0.472 e. The molecule has 0 saturated heterocycles. The van der Waals surface area contributed by atoms with Crippen LogP contribution in [0.2, 0.25) is 0 Å². The first-order valence-electron chi connectivity index (χ1n) is 40.2. The van der Waals surface area contributed by atoms with Crippen molar-refractivity contribution in [3.63, 3.8) is 0 Å². The van der Waals surface area contributed by atoms with Crippen LogP contribution in [0.15, 0.2) is 0 Å². The number of ether oxygens (including phenoxy) is 4. The molecule has 0 bridgehead atoms. The standard InChI is InChI=1S/C78H152O17P2/c1-68(2)54-46-38-30-23-17-13-10-9-11-15-19-26-34-42-50-58-75(80)88-64-73(94-78(83)61-53-45-36-28-22-21-25-32-40-48-56-70(5)6)66-92-96(84,85)90-62-72(79)63-91-97(86,87)93-67-74(65-89-76(81)59-51-43-37-29-33-41-49-57-71(7)8)95-77(82)60-52-44-35-27-20-16-12-14-18-24-31-39-47-55-69(3)4/h68-74,79H,9-67H2,1-8H3,(H,84,85)(H,86,87)/t72?,73-,74-/m1/s1. The summed E-state index contributed by atoms with van der Waals surface area (Å²) >= 11 is 0. The van der Waals surface area contributed by atoms with E-state index < -0.39 is 97.5 Å². The second-order valence-electron chi connectivity index (χ2n) is 30.0. The molecule has 0 spiro atoms. The van der Waals surface area contributed by atoms with Crippen molar-refractivity contribution in [2.24, 2.45) is 23.7 Å². The van der Waals surface area contributed by atoms with Crippen molar-refractivity contribution in [1.29, 1.82) is 0 Å². The number of hydrogen-bond acceptors (Lipinski definition) is 15. The molecule has 3 N–H and O–H groups in total. The van der Waals surface area contributed by atoms with Crippen molar-refractivity contribution in [2.45, 2.75) is 414 Å². The highest BCUT2D eigenvalue weighted by Gasteiger charge is 2.30. The number of carbonyl (C=O) groups excluding carboxylic acids is 4. The van der Waals surface area contributed by atoms with Crippen molar-refractivity contribution < 1.29 is 80.2 Å². The minimum Gasteiger partial charge on any atom is -0.462 e. The molecule has 0 aliphatic carbocycles. The lowest BCUT2D eigenvalue weighted by Gasteiger charge is -2.21. The maximum absolute atomic E-state index is 13.1. The molecule has 19 heteroatoms. The molecule has 0 heterocycles. The van der Waals surface area contributed by atoms with Crippen LogP contribution in [0.25, 0.3) is 0 Å². The molecule has 0 fully saturated rings. The molecule has 5 atom stereocenters. The van der Waals surface area contributed by atoms with E-state index in [1.54, 1.807) is 0 Å². The number of rotatable bonds is 75. The normalized spacial score (nSPS) is 14.1. The predicted octanol–water partition coefficient (Wildman–Crippen LogP) is 22.8. The van der Waals surface area contributed by atoms with E-state index >= 15 is 0 Å². The third-order valence-corrected chi connectivity index (χ3v) is 20.0. The molecule has 0 aromatic heterocycles.